The third kappa shape index (κ3) is 1.38. The van der Waals surface area contributed by atoms with Crippen LogP contribution in [0.15, 0.2) is 30.6 Å². The van der Waals surface area contributed by atoms with E-state index in [1.165, 1.54) is 6.33 Å². The van der Waals surface area contributed by atoms with Gasteiger partial charge in [-0.2, -0.15) is 5.10 Å². The molecule has 0 aliphatic heterocycles. The van der Waals surface area contributed by atoms with Crippen molar-refractivity contribution in [2.24, 2.45) is 0 Å². The molecule has 4 heteroatoms. The molecule has 1 aromatic heterocycles. The number of nitrogens with zero attached hydrogens (tertiary/aromatic N) is 3. The first-order valence-corrected chi connectivity index (χ1v) is 4.00. The van der Waals surface area contributed by atoms with Gasteiger partial charge in [0.1, 0.15) is 12.2 Å². The highest BCUT2D eigenvalue weighted by Gasteiger charge is 1.99. The summed E-state index contributed by atoms with van der Waals surface area (Å²) in [7, 11) is 0. The van der Waals surface area contributed by atoms with E-state index >= 15 is 0 Å². The second-order valence-electron chi connectivity index (χ2n) is 2.81. The molecule has 1 aromatic carbocycles. The standard InChI is InChI=1S/C9H10N4/c1-7-11-6-12-13(7)9-4-2-8(10)3-5-9/h2-6H,10H2,1H3. The van der Waals surface area contributed by atoms with Gasteiger partial charge in [-0.3, -0.25) is 0 Å². The molecular weight excluding hydrogens is 164 g/mol. The van der Waals surface area contributed by atoms with Crippen LogP contribution in [0.2, 0.25) is 0 Å². The van der Waals surface area contributed by atoms with Crippen molar-refractivity contribution in [3.8, 4) is 5.69 Å². The largest absolute Gasteiger partial charge is 0.399 e. The molecule has 0 saturated carbocycles. The molecule has 0 amide bonds. The number of anilines is 1. The fourth-order valence-corrected chi connectivity index (χ4v) is 1.17. The normalized spacial score (nSPS) is 10.2. The van der Waals surface area contributed by atoms with E-state index in [0.717, 1.165) is 17.2 Å². The maximum Gasteiger partial charge on any atom is 0.138 e. The van der Waals surface area contributed by atoms with Gasteiger partial charge in [0.2, 0.25) is 0 Å². The Labute approximate surface area is 76.0 Å². The first kappa shape index (κ1) is 7.79. The molecule has 0 bridgehead atoms. The molecule has 66 valence electrons. The highest BCUT2D eigenvalue weighted by atomic mass is 15.3. The second kappa shape index (κ2) is 2.90. The molecule has 0 aliphatic rings. The Morgan fingerprint density at radius 3 is 2.46 bits per heavy atom. The zero-order valence-electron chi connectivity index (χ0n) is 7.31. The van der Waals surface area contributed by atoms with Crippen LogP contribution in [0.25, 0.3) is 5.69 Å². The van der Waals surface area contributed by atoms with Gasteiger partial charge < -0.3 is 5.73 Å². The van der Waals surface area contributed by atoms with E-state index in [2.05, 4.69) is 10.1 Å². The Hall–Kier alpha value is -1.84. The van der Waals surface area contributed by atoms with E-state index in [4.69, 9.17) is 5.73 Å². The lowest BCUT2D eigenvalue weighted by atomic mass is 10.3. The Bertz CT molecular complexity index is 402. The van der Waals surface area contributed by atoms with E-state index in [-0.39, 0.29) is 0 Å². The van der Waals surface area contributed by atoms with Crippen molar-refractivity contribution in [3.05, 3.63) is 36.4 Å². The molecule has 4 nitrogen and oxygen atoms in total. The van der Waals surface area contributed by atoms with Gasteiger partial charge in [-0.25, -0.2) is 9.67 Å². The van der Waals surface area contributed by atoms with Gasteiger partial charge in [-0.15, -0.1) is 0 Å². The van der Waals surface area contributed by atoms with Crippen molar-refractivity contribution in [1.82, 2.24) is 14.8 Å². The summed E-state index contributed by atoms with van der Waals surface area (Å²) in [5.41, 5.74) is 7.30. The number of aromatic nitrogens is 3. The van der Waals surface area contributed by atoms with Crippen LogP contribution in [0, 0.1) is 6.92 Å². The number of rotatable bonds is 1. The number of hydrogen-bond donors (Lipinski definition) is 1. The SMILES string of the molecule is Cc1ncnn1-c1ccc(N)cc1. The lowest BCUT2D eigenvalue weighted by molar-refractivity contribution is 0.840. The molecule has 1 heterocycles. The predicted octanol–water partition coefficient (Wildman–Crippen LogP) is 1.16. The van der Waals surface area contributed by atoms with Crippen LogP contribution in [-0.4, -0.2) is 14.8 Å². The van der Waals surface area contributed by atoms with Crippen molar-refractivity contribution < 1.29 is 0 Å². The fourth-order valence-electron chi connectivity index (χ4n) is 1.17. The van der Waals surface area contributed by atoms with Crippen LogP contribution in [0.1, 0.15) is 5.82 Å². The highest BCUT2D eigenvalue weighted by molar-refractivity contribution is 5.44. The maximum absolute atomic E-state index is 5.57. The summed E-state index contributed by atoms with van der Waals surface area (Å²) in [5.74, 6) is 0.866. The van der Waals surface area contributed by atoms with Crippen LogP contribution in [0.4, 0.5) is 5.69 Å². The average molecular weight is 174 g/mol. The van der Waals surface area contributed by atoms with Crippen LogP contribution in [-0.2, 0) is 0 Å². The van der Waals surface area contributed by atoms with Gasteiger partial charge in [0, 0.05) is 5.69 Å². The molecule has 0 aliphatic carbocycles. The van der Waals surface area contributed by atoms with Crippen LogP contribution in [0.5, 0.6) is 0 Å². The van der Waals surface area contributed by atoms with Gasteiger partial charge in [0.25, 0.3) is 0 Å². The van der Waals surface area contributed by atoms with E-state index in [9.17, 15) is 0 Å². The molecule has 2 aromatic rings. The van der Waals surface area contributed by atoms with Gasteiger partial charge in [0.05, 0.1) is 5.69 Å². The average Bonchev–Trinajstić information content (AvgIpc) is 2.53. The molecular formula is C9H10N4. The first-order chi connectivity index (χ1) is 6.27. The van der Waals surface area contributed by atoms with Gasteiger partial charge in [0.15, 0.2) is 0 Å². The van der Waals surface area contributed by atoms with Crippen molar-refractivity contribution in [2.75, 3.05) is 5.73 Å². The topological polar surface area (TPSA) is 56.7 Å². The van der Waals surface area contributed by atoms with Crippen LogP contribution < -0.4 is 5.73 Å². The Morgan fingerprint density at radius 2 is 1.92 bits per heavy atom. The zero-order valence-corrected chi connectivity index (χ0v) is 7.31. The molecule has 13 heavy (non-hydrogen) atoms. The maximum atomic E-state index is 5.57. The first-order valence-electron chi connectivity index (χ1n) is 4.00. The predicted molar refractivity (Wildman–Crippen MR) is 50.5 cm³/mol. The van der Waals surface area contributed by atoms with Crippen molar-refractivity contribution in [2.45, 2.75) is 6.92 Å². The van der Waals surface area contributed by atoms with Gasteiger partial charge in [-0.05, 0) is 31.2 Å². The smallest absolute Gasteiger partial charge is 0.138 e. The molecule has 0 fully saturated rings. The van der Waals surface area contributed by atoms with E-state index in [0.29, 0.717) is 0 Å². The monoisotopic (exact) mass is 174 g/mol. The minimum Gasteiger partial charge on any atom is -0.399 e. The van der Waals surface area contributed by atoms with E-state index in [1.54, 1.807) is 4.68 Å². The lowest BCUT2D eigenvalue weighted by Crippen LogP contribution is -1.98. The summed E-state index contributed by atoms with van der Waals surface area (Å²) in [4.78, 5) is 4.04. The Morgan fingerprint density at radius 1 is 1.23 bits per heavy atom. The van der Waals surface area contributed by atoms with Crippen LogP contribution in [0.3, 0.4) is 0 Å². The zero-order chi connectivity index (χ0) is 9.26. The van der Waals surface area contributed by atoms with Crippen molar-refractivity contribution in [1.29, 1.82) is 0 Å². The Kier molecular flexibility index (Phi) is 1.73. The molecule has 0 saturated heterocycles. The van der Waals surface area contributed by atoms with Gasteiger partial charge in [-0.1, -0.05) is 0 Å². The van der Waals surface area contributed by atoms with Crippen molar-refractivity contribution >= 4 is 5.69 Å². The number of nitrogen functional groups attached to an aromatic ring is 1. The lowest BCUT2D eigenvalue weighted by Gasteiger charge is -2.02. The second-order valence-corrected chi connectivity index (χ2v) is 2.81. The highest BCUT2D eigenvalue weighted by Crippen LogP contribution is 2.10. The summed E-state index contributed by atoms with van der Waals surface area (Å²) in [5, 5.41) is 4.08. The summed E-state index contributed by atoms with van der Waals surface area (Å²) in [6.45, 7) is 1.91. The summed E-state index contributed by atoms with van der Waals surface area (Å²) in [6, 6.07) is 7.51. The number of aryl methyl sites for hydroxylation is 1. The molecule has 0 atom stereocenters. The summed E-state index contributed by atoms with van der Waals surface area (Å²) >= 11 is 0. The summed E-state index contributed by atoms with van der Waals surface area (Å²) < 4.78 is 1.76. The Balaban J connectivity index is 2.47. The molecule has 0 spiro atoms. The fraction of sp³-hybridized carbons (Fsp3) is 0.111. The third-order valence-corrected chi connectivity index (χ3v) is 1.86. The molecule has 2 N–H and O–H groups in total. The minimum absolute atomic E-state index is 0.751. The number of benzene rings is 1. The molecule has 0 radical (unpaired) electrons. The van der Waals surface area contributed by atoms with E-state index in [1.807, 2.05) is 31.2 Å². The molecule has 2 rings (SSSR count). The summed E-state index contributed by atoms with van der Waals surface area (Å²) in [6.07, 6.45) is 1.53. The van der Waals surface area contributed by atoms with Crippen LogP contribution >= 0.6 is 0 Å². The quantitative estimate of drug-likeness (QED) is 0.660. The third-order valence-electron chi connectivity index (χ3n) is 1.86. The van der Waals surface area contributed by atoms with Gasteiger partial charge >= 0.3 is 0 Å². The van der Waals surface area contributed by atoms with E-state index < -0.39 is 0 Å². The number of nitrogens with two attached hydrogens (primary N) is 1. The molecule has 0 unspecified atom stereocenters. The minimum atomic E-state index is 0.751. The number of hydrogen-bond acceptors (Lipinski definition) is 3. The van der Waals surface area contributed by atoms with Crippen molar-refractivity contribution in [3.63, 3.8) is 0 Å².